The van der Waals surface area contributed by atoms with Crippen LogP contribution in [-0.2, 0) is 16.4 Å². The normalized spacial score (nSPS) is 11.6. The van der Waals surface area contributed by atoms with E-state index in [0.29, 0.717) is 12.4 Å². The number of ether oxygens (including phenoxy) is 1. The third kappa shape index (κ3) is 2.83. The minimum atomic E-state index is -3.19. The van der Waals surface area contributed by atoms with Gasteiger partial charge in [-0.25, -0.2) is 8.42 Å². The van der Waals surface area contributed by atoms with Crippen LogP contribution in [0.5, 0.6) is 5.88 Å². The zero-order chi connectivity index (χ0) is 12.5. The summed E-state index contributed by atoms with van der Waals surface area (Å²) in [6.45, 7) is 0.483. The molecule has 0 aliphatic carbocycles. The van der Waals surface area contributed by atoms with Crippen molar-refractivity contribution >= 4 is 21.4 Å². The van der Waals surface area contributed by atoms with Gasteiger partial charge in [-0.15, -0.1) is 0 Å². The third-order valence-corrected chi connectivity index (χ3v) is 3.92. The van der Waals surface area contributed by atoms with Crippen LogP contribution in [0.25, 0.3) is 0 Å². The number of nitrogens with zero attached hydrogens (tertiary/aromatic N) is 3. The maximum Gasteiger partial charge on any atom is 0.225 e. The molecule has 0 unspecified atom stereocenters. The summed E-state index contributed by atoms with van der Waals surface area (Å²) in [6, 6.07) is 1.80. The van der Waals surface area contributed by atoms with E-state index in [1.165, 1.54) is 23.9 Å². The lowest BCUT2D eigenvalue weighted by Crippen LogP contribution is -1.98. The van der Waals surface area contributed by atoms with Gasteiger partial charge < -0.3 is 4.74 Å². The fourth-order valence-corrected chi connectivity index (χ4v) is 2.48. The fraction of sp³-hybridized carbons (Fsp3) is 0.333. The molecule has 0 aliphatic rings. The third-order valence-electron chi connectivity index (χ3n) is 2.10. The molecule has 2 heterocycles. The molecule has 2 aromatic heterocycles. The van der Waals surface area contributed by atoms with Gasteiger partial charge in [-0.3, -0.25) is 4.68 Å². The van der Waals surface area contributed by atoms with Crippen molar-refractivity contribution in [2.45, 2.75) is 11.4 Å². The standard InChI is InChI=1S/C9H11N3O3S2/c1-15-9-3-7(16-11-9)5-12-6-8(4-10-12)17(2,13)14/h3-4,6H,5H2,1-2H3. The van der Waals surface area contributed by atoms with Crippen LogP contribution in [0.15, 0.2) is 23.4 Å². The van der Waals surface area contributed by atoms with E-state index >= 15 is 0 Å². The van der Waals surface area contributed by atoms with Crippen LogP contribution in [0.3, 0.4) is 0 Å². The Morgan fingerprint density at radius 1 is 1.53 bits per heavy atom. The van der Waals surface area contributed by atoms with E-state index in [1.54, 1.807) is 17.9 Å². The first-order valence-electron chi connectivity index (χ1n) is 4.71. The predicted molar refractivity (Wildman–Crippen MR) is 63.1 cm³/mol. The number of methoxy groups -OCH3 is 1. The van der Waals surface area contributed by atoms with Gasteiger partial charge in [0.15, 0.2) is 9.84 Å². The second-order valence-corrected chi connectivity index (χ2v) is 6.39. The Morgan fingerprint density at radius 2 is 2.29 bits per heavy atom. The lowest BCUT2D eigenvalue weighted by Gasteiger charge is -1.96. The van der Waals surface area contributed by atoms with Crippen molar-refractivity contribution in [2.24, 2.45) is 0 Å². The first-order chi connectivity index (χ1) is 7.99. The highest BCUT2D eigenvalue weighted by atomic mass is 32.2. The molecule has 2 rings (SSSR count). The van der Waals surface area contributed by atoms with Gasteiger partial charge in [0.2, 0.25) is 5.88 Å². The molecule has 0 saturated carbocycles. The molecule has 0 N–H and O–H groups in total. The van der Waals surface area contributed by atoms with Gasteiger partial charge in [-0.1, -0.05) is 0 Å². The van der Waals surface area contributed by atoms with Gasteiger partial charge in [0, 0.05) is 18.5 Å². The van der Waals surface area contributed by atoms with Gasteiger partial charge in [0.1, 0.15) is 4.90 Å². The molecule has 2 aromatic rings. The van der Waals surface area contributed by atoms with Crippen molar-refractivity contribution in [1.82, 2.24) is 14.2 Å². The first-order valence-corrected chi connectivity index (χ1v) is 7.37. The minimum Gasteiger partial charge on any atom is -0.480 e. The summed E-state index contributed by atoms with van der Waals surface area (Å²) in [5, 5.41) is 3.99. The van der Waals surface area contributed by atoms with E-state index in [2.05, 4.69) is 9.47 Å². The molecular formula is C9H11N3O3S2. The lowest BCUT2D eigenvalue weighted by molar-refractivity contribution is 0.402. The highest BCUT2D eigenvalue weighted by molar-refractivity contribution is 7.90. The zero-order valence-electron chi connectivity index (χ0n) is 9.32. The van der Waals surface area contributed by atoms with E-state index in [9.17, 15) is 8.42 Å². The molecule has 0 aromatic carbocycles. The van der Waals surface area contributed by atoms with E-state index in [0.717, 1.165) is 11.1 Å². The first kappa shape index (κ1) is 12.1. The average Bonchev–Trinajstić information content (AvgIpc) is 2.86. The molecule has 0 spiro atoms. The number of rotatable bonds is 4. The molecule has 17 heavy (non-hydrogen) atoms. The second-order valence-electron chi connectivity index (χ2n) is 3.48. The molecule has 0 aliphatic heterocycles. The summed E-state index contributed by atoms with van der Waals surface area (Å²) in [4.78, 5) is 1.17. The Labute approximate surface area is 103 Å². The molecule has 0 radical (unpaired) electrons. The maximum absolute atomic E-state index is 11.3. The van der Waals surface area contributed by atoms with Crippen LogP contribution in [0.1, 0.15) is 4.88 Å². The van der Waals surface area contributed by atoms with Crippen LogP contribution in [0.2, 0.25) is 0 Å². The van der Waals surface area contributed by atoms with Crippen molar-refractivity contribution in [2.75, 3.05) is 13.4 Å². The van der Waals surface area contributed by atoms with Gasteiger partial charge >= 0.3 is 0 Å². The van der Waals surface area contributed by atoms with Crippen LogP contribution in [0, 0.1) is 0 Å². The van der Waals surface area contributed by atoms with Crippen LogP contribution in [-0.4, -0.2) is 35.9 Å². The summed E-state index contributed by atoms with van der Waals surface area (Å²) in [6.07, 6.45) is 4.00. The van der Waals surface area contributed by atoms with Crippen molar-refractivity contribution in [1.29, 1.82) is 0 Å². The SMILES string of the molecule is COc1cc(Cn2cc(S(C)(=O)=O)cn2)sn1. The highest BCUT2D eigenvalue weighted by Crippen LogP contribution is 2.17. The van der Waals surface area contributed by atoms with Crippen LogP contribution < -0.4 is 4.74 Å². The highest BCUT2D eigenvalue weighted by Gasteiger charge is 2.10. The molecule has 0 saturated heterocycles. The largest absolute Gasteiger partial charge is 0.480 e. The summed E-state index contributed by atoms with van der Waals surface area (Å²) in [5.41, 5.74) is 0. The van der Waals surface area contributed by atoms with Gasteiger partial charge in [0.05, 0.1) is 24.7 Å². The van der Waals surface area contributed by atoms with Crippen LogP contribution in [0.4, 0.5) is 0 Å². The average molecular weight is 273 g/mol. The Bertz CT molecular complexity index is 615. The van der Waals surface area contributed by atoms with Crippen molar-refractivity contribution in [3.8, 4) is 5.88 Å². The summed E-state index contributed by atoms with van der Waals surface area (Å²) < 4.78 is 33.1. The van der Waals surface area contributed by atoms with Crippen molar-refractivity contribution in [3.05, 3.63) is 23.3 Å². The van der Waals surface area contributed by atoms with Crippen LogP contribution >= 0.6 is 11.5 Å². The lowest BCUT2D eigenvalue weighted by atomic mass is 10.5. The molecule has 8 heteroatoms. The molecular weight excluding hydrogens is 262 g/mol. The molecule has 6 nitrogen and oxygen atoms in total. The molecule has 0 fully saturated rings. The minimum absolute atomic E-state index is 0.217. The van der Waals surface area contributed by atoms with Crippen molar-refractivity contribution < 1.29 is 13.2 Å². The molecule has 0 atom stereocenters. The monoisotopic (exact) mass is 273 g/mol. The Hall–Kier alpha value is -1.41. The summed E-state index contributed by atoms with van der Waals surface area (Å²) >= 11 is 1.30. The van der Waals surface area contributed by atoms with Gasteiger partial charge in [0.25, 0.3) is 0 Å². The molecule has 0 amide bonds. The topological polar surface area (TPSA) is 74.1 Å². The number of hydrogen-bond acceptors (Lipinski definition) is 6. The Morgan fingerprint density at radius 3 is 2.82 bits per heavy atom. The Balaban J connectivity index is 2.17. The smallest absolute Gasteiger partial charge is 0.225 e. The quantitative estimate of drug-likeness (QED) is 0.823. The predicted octanol–water partition coefficient (Wildman–Crippen LogP) is 0.800. The van der Waals surface area contributed by atoms with Gasteiger partial charge in [-0.05, 0) is 11.5 Å². The Kier molecular flexibility index (Phi) is 3.16. The van der Waals surface area contributed by atoms with Gasteiger partial charge in [-0.2, -0.15) is 9.47 Å². The zero-order valence-corrected chi connectivity index (χ0v) is 11.0. The number of sulfone groups is 1. The maximum atomic E-state index is 11.3. The summed E-state index contributed by atoms with van der Waals surface area (Å²) in [5.74, 6) is 0.556. The molecule has 0 bridgehead atoms. The molecule has 92 valence electrons. The van der Waals surface area contributed by atoms with Crippen molar-refractivity contribution in [3.63, 3.8) is 0 Å². The summed E-state index contributed by atoms with van der Waals surface area (Å²) in [7, 11) is -1.64. The van der Waals surface area contributed by atoms with E-state index < -0.39 is 9.84 Å². The van der Waals surface area contributed by atoms with E-state index in [-0.39, 0.29) is 4.90 Å². The number of hydrogen-bond donors (Lipinski definition) is 0. The number of aromatic nitrogens is 3. The fourth-order valence-electron chi connectivity index (χ4n) is 1.25. The van der Waals surface area contributed by atoms with E-state index in [4.69, 9.17) is 4.74 Å². The van der Waals surface area contributed by atoms with E-state index in [1.807, 2.05) is 0 Å². The second kappa shape index (κ2) is 4.46.